The molecule has 0 spiro atoms. The van der Waals surface area contributed by atoms with Gasteiger partial charge in [0.15, 0.2) is 0 Å². The van der Waals surface area contributed by atoms with E-state index in [1.165, 1.54) is 12.8 Å². The fourth-order valence-electron chi connectivity index (χ4n) is 1.53. The summed E-state index contributed by atoms with van der Waals surface area (Å²) in [6, 6.07) is 0. The summed E-state index contributed by atoms with van der Waals surface area (Å²) in [6.45, 7) is 10.6. The maximum Gasteiger partial charge on any atom is 0.0575 e. The summed E-state index contributed by atoms with van der Waals surface area (Å²) in [5.74, 6) is 1.14. The molecule has 0 bridgehead atoms. The molecule has 0 aromatic heterocycles. The summed E-state index contributed by atoms with van der Waals surface area (Å²) < 4.78 is 0. The Morgan fingerprint density at radius 3 is 2.29 bits per heavy atom. The second kappa shape index (κ2) is 8.25. The van der Waals surface area contributed by atoms with Crippen LogP contribution in [-0.4, -0.2) is 24.3 Å². The Morgan fingerprint density at radius 2 is 1.79 bits per heavy atom. The van der Waals surface area contributed by atoms with Crippen molar-refractivity contribution in [3.63, 3.8) is 0 Å². The molecule has 86 valence electrons. The molecule has 0 fully saturated rings. The van der Waals surface area contributed by atoms with Crippen LogP contribution in [0.4, 0.5) is 0 Å². The SMILES string of the molecule is CCCC(C)CNCCC(O)C(C)C. The standard InChI is InChI=1S/C12H27NO/c1-5-6-11(4)9-13-8-7-12(14)10(2)3/h10-14H,5-9H2,1-4H3. The van der Waals surface area contributed by atoms with Crippen LogP contribution in [0.5, 0.6) is 0 Å². The highest BCUT2D eigenvalue weighted by Gasteiger charge is 2.08. The third-order valence-corrected chi connectivity index (χ3v) is 2.66. The van der Waals surface area contributed by atoms with E-state index in [4.69, 9.17) is 0 Å². The number of hydrogen-bond donors (Lipinski definition) is 2. The van der Waals surface area contributed by atoms with Gasteiger partial charge in [0.2, 0.25) is 0 Å². The zero-order valence-electron chi connectivity index (χ0n) is 10.2. The van der Waals surface area contributed by atoms with Crippen LogP contribution in [0.2, 0.25) is 0 Å². The van der Waals surface area contributed by atoms with Crippen molar-refractivity contribution in [3.8, 4) is 0 Å². The van der Waals surface area contributed by atoms with Gasteiger partial charge in [0.1, 0.15) is 0 Å². The molecule has 0 aliphatic rings. The van der Waals surface area contributed by atoms with E-state index in [1.54, 1.807) is 0 Å². The van der Waals surface area contributed by atoms with E-state index >= 15 is 0 Å². The maximum absolute atomic E-state index is 9.56. The van der Waals surface area contributed by atoms with Gasteiger partial charge in [0, 0.05) is 0 Å². The number of aliphatic hydroxyl groups excluding tert-OH is 1. The lowest BCUT2D eigenvalue weighted by atomic mass is 10.0. The number of aliphatic hydroxyl groups is 1. The molecule has 0 rings (SSSR count). The highest BCUT2D eigenvalue weighted by molar-refractivity contribution is 4.63. The molecule has 0 radical (unpaired) electrons. The molecule has 14 heavy (non-hydrogen) atoms. The number of nitrogens with one attached hydrogen (secondary N) is 1. The molecule has 0 aromatic rings. The van der Waals surface area contributed by atoms with Crippen molar-refractivity contribution in [2.75, 3.05) is 13.1 Å². The van der Waals surface area contributed by atoms with Gasteiger partial charge in [-0.1, -0.05) is 34.1 Å². The van der Waals surface area contributed by atoms with Gasteiger partial charge in [0.05, 0.1) is 6.10 Å². The van der Waals surface area contributed by atoms with Crippen molar-refractivity contribution in [3.05, 3.63) is 0 Å². The quantitative estimate of drug-likeness (QED) is 0.591. The van der Waals surface area contributed by atoms with Crippen LogP contribution in [0.15, 0.2) is 0 Å². The van der Waals surface area contributed by atoms with Gasteiger partial charge >= 0.3 is 0 Å². The largest absolute Gasteiger partial charge is 0.393 e. The Kier molecular flexibility index (Phi) is 8.20. The van der Waals surface area contributed by atoms with Crippen molar-refractivity contribution in [1.82, 2.24) is 5.32 Å². The molecule has 0 saturated heterocycles. The lowest BCUT2D eigenvalue weighted by Crippen LogP contribution is -2.27. The summed E-state index contributed by atoms with van der Waals surface area (Å²) in [7, 11) is 0. The molecule has 2 N–H and O–H groups in total. The third-order valence-electron chi connectivity index (χ3n) is 2.66. The maximum atomic E-state index is 9.56. The van der Waals surface area contributed by atoms with Gasteiger partial charge in [-0.15, -0.1) is 0 Å². The fraction of sp³-hybridized carbons (Fsp3) is 1.00. The molecule has 2 unspecified atom stereocenters. The lowest BCUT2D eigenvalue weighted by Gasteiger charge is -2.16. The van der Waals surface area contributed by atoms with Gasteiger partial charge in [-0.3, -0.25) is 0 Å². The average molecular weight is 201 g/mol. The minimum absolute atomic E-state index is 0.149. The Morgan fingerprint density at radius 1 is 1.14 bits per heavy atom. The van der Waals surface area contributed by atoms with Gasteiger partial charge in [-0.05, 0) is 37.8 Å². The number of hydrogen-bond acceptors (Lipinski definition) is 2. The van der Waals surface area contributed by atoms with E-state index in [-0.39, 0.29) is 6.10 Å². The van der Waals surface area contributed by atoms with Gasteiger partial charge in [-0.2, -0.15) is 0 Å². The predicted molar refractivity (Wildman–Crippen MR) is 62.4 cm³/mol. The smallest absolute Gasteiger partial charge is 0.0575 e. The molecular formula is C12H27NO. The van der Waals surface area contributed by atoms with Gasteiger partial charge in [-0.25, -0.2) is 0 Å². The molecule has 2 nitrogen and oxygen atoms in total. The zero-order valence-corrected chi connectivity index (χ0v) is 10.2. The Bertz CT molecular complexity index is 125. The van der Waals surface area contributed by atoms with Crippen LogP contribution >= 0.6 is 0 Å². The third kappa shape index (κ3) is 7.34. The van der Waals surface area contributed by atoms with Crippen LogP contribution in [0.25, 0.3) is 0 Å². The second-order valence-corrected chi connectivity index (χ2v) is 4.70. The van der Waals surface area contributed by atoms with Crippen LogP contribution in [0.1, 0.15) is 47.0 Å². The molecule has 0 aliphatic carbocycles. The van der Waals surface area contributed by atoms with Gasteiger partial charge < -0.3 is 10.4 Å². The number of rotatable bonds is 8. The Balaban J connectivity index is 3.28. The molecule has 0 amide bonds. The normalized spacial score (nSPS) is 15.9. The monoisotopic (exact) mass is 201 g/mol. The summed E-state index contributed by atoms with van der Waals surface area (Å²) in [6.07, 6.45) is 3.28. The molecule has 0 saturated carbocycles. The Labute approximate surface area is 89.1 Å². The van der Waals surface area contributed by atoms with E-state index in [9.17, 15) is 5.11 Å². The van der Waals surface area contributed by atoms with Crippen molar-refractivity contribution in [1.29, 1.82) is 0 Å². The van der Waals surface area contributed by atoms with Crippen molar-refractivity contribution >= 4 is 0 Å². The lowest BCUT2D eigenvalue weighted by molar-refractivity contribution is 0.116. The molecule has 0 aliphatic heterocycles. The highest BCUT2D eigenvalue weighted by Crippen LogP contribution is 2.05. The molecule has 0 aromatic carbocycles. The van der Waals surface area contributed by atoms with Gasteiger partial charge in [0.25, 0.3) is 0 Å². The van der Waals surface area contributed by atoms with Crippen molar-refractivity contribution < 1.29 is 5.11 Å². The molecule has 2 heteroatoms. The minimum atomic E-state index is -0.149. The summed E-state index contributed by atoms with van der Waals surface area (Å²) in [4.78, 5) is 0. The summed E-state index contributed by atoms with van der Waals surface area (Å²) in [5, 5.41) is 13.0. The molecule has 0 heterocycles. The average Bonchev–Trinajstić information content (AvgIpc) is 2.12. The fourth-order valence-corrected chi connectivity index (χ4v) is 1.53. The van der Waals surface area contributed by atoms with E-state index in [2.05, 4.69) is 33.0 Å². The van der Waals surface area contributed by atoms with Crippen LogP contribution in [0, 0.1) is 11.8 Å². The first-order valence-corrected chi connectivity index (χ1v) is 5.96. The molecule has 2 atom stereocenters. The van der Waals surface area contributed by atoms with Crippen molar-refractivity contribution in [2.24, 2.45) is 11.8 Å². The first kappa shape index (κ1) is 13.9. The first-order valence-electron chi connectivity index (χ1n) is 5.96. The Hall–Kier alpha value is -0.0800. The first-order chi connectivity index (χ1) is 6.57. The van der Waals surface area contributed by atoms with E-state index in [0.29, 0.717) is 5.92 Å². The zero-order chi connectivity index (χ0) is 11.0. The topological polar surface area (TPSA) is 32.3 Å². The van der Waals surface area contributed by atoms with Crippen LogP contribution < -0.4 is 5.32 Å². The molecular weight excluding hydrogens is 174 g/mol. The van der Waals surface area contributed by atoms with Crippen LogP contribution in [0.3, 0.4) is 0 Å². The predicted octanol–water partition coefficient (Wildman–Crippen LogP) is 2.42. The van der Waals surface area contributed by atoms with E-state index in [1.807, 2.05) is 0 Å². The van der Waals surface area contributed by atoms with E-state index < -0.39 is 0 Å². The summed E-state index contributed by atoms with van der Waals surface area (Å²) in [5.41, 5.74) is 0. The highest BCUT2D eigenvalue weighted by atomic mass is 16.3. The minimum Gasteiger partial charge on any atom is -0.393 e. The second-order valence-electron chi connectivity index (χ2n) is 4.70. The van der Waals surface area contributed by atoms with Crippen LogP contribution in [-0.2, 0) is 0 Å². The summed E-state index contributed by atoms with van der Waals surface area (Å²) >= 11 is 0. The van der Waals surface area contributed by atoms with E-state index in [0.717, 1.165) is 25.4 Å². The van der Waals surface area contributed by atoms with Crippen molar-refractivity contribution in [2.45, 2.75) is 53.1 Å².